The molecule has 0 radical (unpaired) electrons. The number of hydrogen-bond acceptors (Lipinski definition) is 2. The molecule has 0 aliphatic heterocycles. The average Bonchev–Trinajstić information content (AvgIpc) is 2.14. The van der Waals surface area contributed by atoms with E-state index >= 15 is 0 Å². The molecule has 0 saturated heterocycles. The summed E-state index contributed by atoms with van der Waals surface area (Å²) in [5.74, 6) is 1.61. The fourth-order valence-electron chi connectivity index (χ4n) is 2.66. The number of hydrogen-bond donors (Lipinski definition) is 0. The van der Waals surface area contributed by atoms with Crippen LogP contribution in [0.25, 0.3) is 0 Å². The Bertz CT molecular complexity index is 265. The minimum Gasteiger partial charge on any atom is -0.399 e. The lowest BCUT2D eigenvalue weighted by Gasteiger charge is -2.55. The van der Waals surface area contributed by atoms with Gasteiger partial charge in [0.05, 0.1) is 6.21 Å². The first-order valence-corrected chi connectivity index (χ1v) is 4.93. The first kappa shape index (κ1) is 8.79. The van der Waals surface area contributed by atoms with Crippen molar-refractivity contribution < 1.29 is 4.84 Å². The summed E-state index contributed by atoms with van der Waals surface area (Å²) >= 11 is 0. The van der Waals surface area contributed by atoms with E-state index < -0.39 is 0 Å². The largest absolute Gasteiger partial charge is 0.399 e. The number of oxime groups is 1. The second-order valence-corrected chi connectivity index (χ2v) is 4.66. The summed E-state index contributed by atoms with van der Waals surface area (Å²) < 4.78 is 0. The van der Waals surface area contributed by atoms with Crippen LogP contribution in [0.4, 0.5) is 0 Å². The van der Waals surface area contributed by atoms with Crippen LogP contribution in [-0.2, 0) is 4.84 Å². The van der Waals surface area contributed by atoms with Gasteiger partial charge in [-0.2, -0.15) is 0 Å². The Kier molecular flexibility index (Phi) is 1.94. The predicted molar refractivity (Wildman–Crippen MR) is 53.6 cm³/mol. The smallest absolute Gasteiger partial charge is 0.106 e. The Morgan fingerprint density at radius 3 is 2.92 bits per heavy atom. The van der Waals surface area contributed by atoms with E-state index in [0.29, 0.717) is 11.3 Å². The SMILES string of the molecule is CO/N=C/C1=CCC2C[C@@H]1C2(C)C. The lowest BCUT2D eigenvalue weighted by molar-refractivity contribution is -0.00148. The predicted octanol–water partition coefficient (Wildman–Crippen LogP) is 2.61. The van der Waals surface area contributed by atoms with Gasteiger partial charge in [-0.25, -0.2) is 0 Å². The van der Waals surface area contributed by atoms with Crippen molar-refractivity contribution in [1.29, 1.82) is 0 Å². The highest BCUT2D eigenvalue weighted by molar-refractivity contribution is 5.80. The lowest BCUT2D eigenvalue weighted by atomic mass is 9.49. The molecule has 0 amide bonds. The third-order valence-corrected chi connectivity index (χ3v) is 3.82. The fourth-order valence-corrected chi connectivity index (χ4v) is 2.66. The van der Waals surface area contributed by atoms with Gasteiger partial charge in [0.25, 0.3) is 0 Å². The molecule has 0 aromatic carbocycles. The average molecular weight is 179 g/mol. The van der Waals surface area contributed by atoms with E-state index in [9.17, 15) is 0 Å². The topological polar surface area (TPSA) is 21.6 Å². The maximum absolute atomic E-state index is 4.71. The highest BCUT2D eigenvalue weighted by atomic mass is 16.6. The molecule has 2 atom stereocenters. The standard InChI is InChI=1S/C11H17NO/c1-11(2)9-5-4-8(7-12-13-3)10(11)6-9/h4,7,9-10H,5-6H2,1-3H3/b12-7+/t9?,10-/m0/s1. The van der Waals surface area contributed by atoms with Crippen molar-refractivity contribution in [1.82, 2.24) is 0 Å². The molecule has 13 heavy (non-hydrogen) atoms. The molecule has 0 aromatic rings. The summed E-state index contributed by atoms with van der Waals surface area (Å²) in [5.41, 5.74) is 1.86. The summed E-state index contributed by atoms with van der Waals surface area (Å²) in [7, 11) is 1.59. The van der Waals surface area contributed by atoms with Crippen LogP contribution in [0.3, 0.4) is 0 Å². The minimum atomic E-state index is 0.490. The molecule has 0 spiro atoms. The van der Waals surface area contributed by atoms with Crippen molar-refractivity contribution in [3.8, 4) is 0 Å². The molecule has 0 aromatic heterocycles. The Morgan fingerprint density at radius 2 is 2.38 bits per heavy atom. The zero-order chi connectivity index (χ0) is 9.47. The molecule has 3 rings (SSSR count). The molecule has 2 bridgehead atoms. The molecule has 3 aliphatic rings. The van der Waals surface area contributed by atoms with E-state index in [1.54, 1.807) is 7.11 Å². The monoisotopic (exact) mass is 179 g/mol. The zero-order valence-corrected chi connectivity index (χ0v) is 8.58. The molecule has 2 heteroatoms. The molecular weight excluding hydrogens is 162 g/mol. The van der Waals surface area contributed by atoms with Crippen LogP contribution in [0, 0.1) is 17.3 Å². The molecule has 0 N–H and O–H groups in total. The van der Waals surface area contributed by atoms with Gasteiger partial charge in [-0.3, -0.25) is 0 Å². The zero-order valence-electron chi connectivity index (χ0n) is 8.58. The fraction of sp³-hybridized carbons (Fsp3) is 0.727. The summed E-state index contributed by atoms with van der Waals surface area (Å²) in [4.78, 5) is 4.71. The van der Waals surface area contributed by atoms with Crippen molar-refractivity contribution in [3.05, 3.63) is 11.6 Å². The van der Waals surface area contributed by atoms with Crippen LogP contribution >= 0.6 is 0 Å². The third kappa shape index (κ3) is 1.19. The molecule has 2 nitrogen and oxygen atoms in total. The molecule has 72 valence electrons. The van der Waals surface area contributed by atoms with Gasteiger partial charge < -0.3 is 4.84 Å². The van der Waals surface area contributed by atoms with Crippen molar-refractivity contribution in [2.24, 2.45) is 22.4 Å². The van der Waals surface area contributed by atoms with Gasteiger partial charge in [-0.05, 0) is 35.7 Å². The van der Waals surface area contributed by atoms with Crippen molar-refractivity contribution >= 4 is 6.21 Å². The first-order valence-electron chi connectivity index (χ1n) is 4.93. The van der Waals surface area contributed by atoms with Gasteiger partial charge in [-0.1, -0.05) is 25.1 Å². The minimum absolute atomic E-state index is 0.490. The molecule has 1 fully saturated rings. The van der Waals surface area contributed by atoms with Gasteiger partial charge in [-0.15, -0.1) is 0 Å². The van der Waals surface area contributed by atoms with E-state index in [-0.39, 0.29) is 0 Å². The van der Waals surface area contributed by atoms with Gasteiger partial charge in [0.15, 0.2) is 0 Å². The van der Waals surface area contributed by atoms with Crippen LogP contribution in [0.5, 0.6) is 0 Å². The highest BCUT2D eigenvalue weighted by Crippen LogP contribution is 2.58. The second kappa shape index (κ2) is 2.86. The summed E-state index contributed by atoms with van der Waals surface area (Å²) in [6, 6.07) is 0. The van der Waals surface area contributed by atoms with Crippen LogP contribution in [-0.4, -0.2) is 13.3 Å². The molecule has 0 heterocycles. The first-order chi connectivity index (χ1) is 6.16. The summed E-state index contributed by atoms with van der Waals surface area (Å²) in [6.07, 6.45) is 6.75. The Balaban J connectivity index is 2.14. The number of fused-ring (bicyclic) bond motifs is 1. The van der Waals surface area contributed by atoms with Gasteiger partial charge >= 0.3 is 0 Å². The van der Waals surface area contributed by atoms with E-state index in [2.05, 4.69) is 25.1 Å². The second-order valence-electron chi connectivity index (χ2n) is 4.66. The molecule has 1 saturated carbocycles. The lowest BCUT2D eigenvalue weighted by Crippen LogP contribution is -2.48. The third-order valence-electron chi connectivity index (χ3n) is 3.82. The summed E-state index contributed by atoms with van der Waals surface area (Å²) in [5, 5.41) is 3.84. The Labute approximate surface area is 79.7 Å². The van der Waals surface area contributed by atoms with Crippen molar-refractivity contribution in [2.45, 2.75) is 26.7 Å². The van der Waals surface area contributed by atoms with Crippen molar-refractivity contribution in [2.75, 3.05) is 7.11 Å². The Hall–Kier alpha value is -0.790. The van der Waals surface area contributed by atoms with Crippen LogP contribution in [0.2, 0.25) is 0 Å². The summed E-state index contributed by atoms with van der Waals surface area (Å²) in [6.45, 7) is 4.72. The van der Waals surface area contributed by atoms with Gasteiger partial charge in [0.2, 0.25) is 0 Å². The van der Waals surface area contributed by atoms with Crippen LogP contribution in [0.1, 0.15) is 26.7 Å². The van der Waals surface area contributed by atoms with Crippen LogP contribution < -0.4 is 0 Å². The maximum atomic E-state index is 4.71. The van der Waals surface area contributed by atoms with Gasteiger partial charge in [0.1, 0.15) is 7.11 Å². The number of rotatable bonds is 2. The molecule has 1 unspecified atom stereocenters. The molecule has 3 aliphatic carbocycles. The number of allylic oxidation sites excluding steroid dienone is 2. The maximum Gasteiger partial charge on any atom is 0.106 e. The van der Waals surface area contributed by atoms with Gasteiger partial charge in [0, 0.05) is 0 Å². The van der Waals surface area contributed by atoms with Crippen LogP contribution in [0.15, 0.2) is 16.8 Å². The quantitative estimate of drug-likeness (QED) is 0.471. The van der Waals surface area contributed by atoms with E-state index in [4.69, 9.17) is 4.84 Å². The highest BCUT2D eigenvalue weighted by Gasteiger charge is 2.50. The normalized spacial score (nSPS) is 35.5. The molecular formula is C11H17NO. The van der Waals surface area contributed by atoms with E-state index in [1.807, 2.05) is 6.21 Å². The van der Waals surface area contributed by atoms with E-state index in [1.165, 1.54) is 18.4 Å². The van der Waals surface area contributed by atoms with Crippen molar-refractivity contribution in [3.63, 3.8) is 0 Å². The number of nitrogens with zero attached hydrogens (tertiary/aromatic N) is 1. The Morgan fingerprint density at radius 1 is 1.62 bits per heavy atom. The van der Waals surface area contributed by atoms with E-state index in [0.717, 1.165) is 5.92 Å².